The minimum absolute atomic E-state index is 0.0458. The Bertz CT molecular complexity index is 978. The standard InChI is InChI=1S/C19H20F5N5O2S/c1-31-17-13(3-2-12(20)16(17)21)29-7-6-28(10-19(22,23)24)9-14(29)18(30)27-11-4-5-26-15(8-11)32-25/h2-5,8,14H,6-7,9-10,25H2,1H3,(H,26,27,30). The molecule has 1 unspecified atom stereocenters. The minimum Gasteiger partial charge on any atom is -0.491 e. The number of pyridine rings is 1. The van der Waals surface area contributed by atoms with Gasteiger partial charge in [0, 0.05) is 31.5 Å². The van der Waals surface area contributed by atoms with E-state index in [0.717, 1.165) is 30.0 Å². The first-order valence-electron chi connectivity index (χ1n) is 9.34. The van der Waals surface area contributed by atoms with Crippen LogP contribution in [0.2, 0.25) is 0 Å². The third-order valence-electron chi connectivity index (χ3n) is 4.84. The van der Waals surface area contributed by atoms with Crippen LogP contribution in [0, 0.1) is 11.6 Å². The van der Waals surface area contributed by atoms with Crippen LogP contribution in [0.15, 0.2) is 35.5 Å². The Morgan fingerprint density at radius 3 is 2.72 bits per heavy atom. The van der Waals surface area contributed by atoms with Crippen molar-refractivity contribution in [3.05, 3.63) is 42.1 Å². The van der Waals surface area contributed by atoms with Crippen LogP contribution in [-0.4, -0.2) is 61.3 Å². The van der Waals surface area contributed by atoms with Crippen molar-refractivity contribution in [3.8, 4) is 5.75 Å². The normalized spacial score (nSPS) is 17.3. The summed E-state index contributed by atoms with van der Waals surface area (Å²) in [6, 6.07) is 3.95. The summed E-state index contributed by atoms with van der Waals surface area (Å²) in [4.78, 5) is 19.6. The summed E-state index contributed by atoms with van der Waals surface area (Å²) in [5.41, 5.74) is 0.397. The summed E-state index contributed by atoms with van der Waals surface area (Å²) in [6.07, 6.45) is -3.04. The highest BCUT2D eigenvalue weighted by molar-refractivity contribution is 7.97. The molecule has 1 atom stereocenters. The molecule has 0 spiro atoms. The van der Waals surface area contributed by atoms with Crippen LogP contribution in [0.3, 0.4) is 0 Å². The summed E-state index contributed by atoms with van der Waals surface area (Å²) in [6.45, 7) is -1.59. The number of piperazine rings is 1. The number of nitrogens with two attached hydrogens (primary N) is 1. The fourth-order valence-electron chi connectivity index (χ4n) is 3.47. The molecule has 2 heterocycles. The number of amides is 1. The van der Waals surface area contributed by atoms with Gasteiger partial charge in [-0.15, -0.1) is 0 Å². The van der Waals surface area contributed by atoms with Crippen molar-refractivity contribution in [2.75, 3.05) is 43.5 Å². The highest BCUT2D eigenvalue weighted by Crippen LogP contribution is 2.35. The van der Waals surface area contributed by atoms with E-state index in [4.69, 9.17) is 9.88 Å². The van der Waals surface area contributed by atoms with Gasteiger partial charge in [-0.3, -0.25) is 14.8 Å². The van der Waals surface area contributed by atoms with Gasteiger partial charge in [0.05, 0.1) is 19.3 Å². The fraction of sp³-hybridized carbons (Fsp3) is 0.368. The van der Waals surface area contributed by atoms with E-state index in [1.165, 1.54) is 29.3 Å². The van der Waals surface area contributed by atoms with Gasteiger partial charge in [0.2, 0.25) is 11.7 Å². The molecule has 1 aromatic carbocycles. The predicted octanol–water partition coefficient (Wildman–Crippen LogP) is 3.03. The van der Waals surface area contributed by atoms with Crippen LogP contribution in [-0.2, 0) is 4.79 Å². The molecule has 1 amide bonds. The zero-order chi connectivity index (χ0) is 23.5. The number of aromatic nitrogens is 1. The highest BCUT2D eigenvalue weighted by Gasteiger charge is 2.39. The lowest BCUT2D eigenvalue weighted by Gasteiger charge is -2.42. The van der Waals surface area contributed by atoms with Crippen molar-refractivity contribution in [1.82, 2.24) is 9.88 Å². The quantitative estimate of drug-likeness (QED) is 0.489. The van der Waals surface area contributed by atoms with Crippen LogP contribution in [0.4, 0.5) is 33.3 Å². The first kappa shape index (κ1) is 24.0. The Morgan fingerprint density at radius 1 is 1.31 bits per heavy atom. The van der Waals surface area contributed by atoms with E-state index < -0.39 is 42.1 Å². The average molecular weight is 477 g/mol. The molecular weight excluding hydrogens is 457 g/mol. The van der Waals surface area contributed by atoms with Gasteiger partial charge in [0.25, 0.3) is 0 Å². The lowest BCUT2D eigenvalue weighted by atomic mass is 10.1. The topological polar surface area (TPSA) is 83.7 Å². The maximum Gasteiger partial charge on any atom is 0.401 e. The molecule has 0 radical (unpaired) electrons. The van der Waals surface area contributed by atoms with E-state index in [0.29, 0.717) is 10.7 Å². The smallest absolute Gasteiger partial charge is 0.401 e. The average Bonchev–Trinajstić information content (AvgIpc) is 2.74. The van der Waals surface area contributed by atoms with Crippen molar-refractivity contribution in [2.24, 2.45) is 5.14 Å². The van der Waals surface area contributed by atoms with Gasteiger partial charge < -0.3 is 15.0 Å². The number of carbonyl (C=O) groups excluding carboxylic acids is 1. The molecule has 1 saturated heterocycles. The van der Waals surface area contributed by atoms with Crippen LogP contribution in [0.25, 0.3) is 0 Å². The van der Waals surface area contributed by atoms with Gasteiger partial charge in [-0.25, -0.2) is 9.37 Å². The largest absolute Gasteiger partial charge is 0.491 e. The van der Waals surface area contributed by atoms with Crippen molar-refractivity contribution in [2.45, 2.75) is 17.2 Å². The summed E-state index contributed by atoms with van der Waals surface area (Å²) < 4.78 is 71.8. The third kappa shape index (κ3) is 5.58. The van der Waals surface area contributed by atoms with Crippen LogP contribution >= 0.6 is 11.9 Å². The second-order valence-corrected chi connectivity index (χ2v) is 7.62. The molecule has 1 aliphatic heterocycles. The molecule has 7 nitrogen and oxygen atoms in total. The Morgan fingerprint density at radius 2 is 2.06 bits per heavy atom. The number of halogens is 5. The predicted molar refractivity (Wildman–Crippen MR) is 109 cm³/mol. The molecule has 1 aromatic heterocycles. The molecule has 0 aliphatic carbocycles. The van der Waals surface area contributed by atoms with E-state index >= 15 is 0 Å². The number of hydrogen-bond acceptors (Lipinski definition) is 7. The van der Waals surface area contributed by atoms with Gasteiger partial charge in [-0.1, -0.05) is 0 Å². The summed E-state index contributed by atoms with van der Waals surface area (Å²) in [5.74, 6) is -3.47. The summed E-state index contributed by atoms with van der Waals surface area (Å²) >= 11 is 0.858. The number of rotatable bonds is 6. The molecule has 1 fully saturated rings. The Kier molecular flexibility index (Phi) is 7.41. The van der Waals surface area contributed by atoms with Gasteiger partial charge >= 0.3 is 6.18 Å². The summed E-state index contributed by atoms with van der Waals surface area (Å²) in [5, 5.41) is 8.51. The third-order valence-corrected chi connectivity index (χ3v) is 5.30. The number of hydrogen-bond donors (Lipinski definition) is 2. The number of anilines is 2. The molecule has 0 bridgehead atoms. The Hall–Kier alpha value is -2.64. The van der Waals surface area contributed by atoms with E-state index in [2.05, 4.69) is 10.3 Å². The molecular formula is C19H20F5N5O2S. The number of methoxy groups -OCH3 is 1. The minimum atomic E-state index is -4.46. The van der Waals surface area contributed by atoms with Crippen molar-refractivity contribution in [3.63, 3.8) is 0 Å². The second-order valence-electron chi connectivity index (χ2n) is 6.96. The Labute approximate surface area is 184 Å². The number of benzene rings is 1. The number of carbonyl (C=O) groups is 1. The fourth-order valence-corrected chi connectivity index (χ4v) is 3.79. The molecule has 3 N–H and O–H groups in total. The maximum atomic E-state index is 14.3. The number of nitrogens with zero attached hydrogens (tertiary/aromatic N) is 3. The lowest BCUT2D eigenvalue weighted by molar-refractivity contribution is -0.148. The zero-order valence-electron chi connectivity index (χ0n) is 16.8. The number of alkyl halides is 3. The number of nitrogens with one attached hydrogen (secondary N) is 1. The molecule has 1 aliphatic rings. The molecule has 13 heteroatoms. The van der Waals surface area contributed by atoms with Gasteiger partial charge in [0.15, 0.2) is 11.6 Å². The summed E-state index contributed by atoms with van der Waals surface area (Å²) in [7, 11) is 1.14. The first-order chi connectivity index (χ1) is 15.1. The molecule has 174 valence electrons. The van der Waals surface area contributed by atoms with Crippen molar-refractivity contribution >= 4 is 29.2 Å². The monoisotopic (exact) mass is 477 g/mol. The van der Waals surface area contributed by atoms with E-state index in [-0.39, 0.29) is 25.3 Å². The van der Waals surface area contributed by atoms with E-state index in [1.807, 2.05) is 0 Å². The van der Waals surface area contributed by atoms with Crippen LogP contribution in [0.5, 0.6) is 5.75 Å². The van der Waals surface area contributed by atoms with Crippen molar-refractivity contribution in [1.29, 1.82) is 0 Å². The second kappa shape index (κ2) is 9.88. The first-order valence-corrected chi connectivity index (χ1v) is 10.2. The molecule has 3 rings (SSSR count). The van der Waals surface area contributed by atoms with E-state index in [1.54, 1.807) is 0 Å². The van der Waals surface area contributed by atoms with Gasteiger partial charge in [-0.2, -0.15) is 17.6 Å². The zero-order valence-corrected chi connectivity index (χ0v) is 17.6. The highest BCUT2D eigenvalue weighted by atomic mass is 32.2. The lowest BCUT2D eigenvalue weighted by Crippen LogP contribution is -2.59. The Balaban J connectivity index is 1.93. The van der Waals surface area contributed by atoms with Crippen LogP contribution in [0.1, 0.15) is 0 Å². The number of ether oxygens (including phenoxy) is 1. The van der Waals surface area contributed by atoms with Gasteiger partial charge in [0.1, 0.15) is 11.1 Å². The van der Waals surface area contributed by atoms with Gasteiger partial charge in [-0.05, 0) is 36.2 Å². The maximum absolute atomic E-state index is 14.3. The molecule has 32 heavy (non-hydrogen) atoms. The SMILES string of the molecule is COc1c(N2CCN(CC(F)(F)F)CC2C(=O)Nc2ccnc(SN)c2)ccc(F)c1F. The molecule has 0 saturated carbocycles. The van der Waals surface area contributed by atoms with E-state index in [9.17, 15) is 26.7 Å². The molecule has 2 aromatic rings. The van der Waals surface area contributed by atoms with Crippen molar-refractivity contribution < 1.29 is 31.5 Å². The van der Waals surface area contributed by atoms with Crippen LogP contribution < -0.4 is 20.1 Å².